The highest BCUT2D eigenvalue weighted by Gasteiger charge is 2.08. The normalized spacial score (nSPS) is 10.5. The number of benzene rings is 2. The van der Waals surface area contributed by atoms with Gasteiger partial charge in [-0.05, 0) is 62.3 Å². The van der Waals surface area contributed by atoms with Gasteiger partial charge in [-0.15, -0.1) is 0 Å². The molecule has 0 amide bonds. The Balaban J connectivity index is 2.03. The van der Waals surface area contributed by atoms with Crippen LogP contribution in [0, 0.1) is 0 Å². The Kier molecular flexibility index (Phi) is 5.65. The van der Waals surface area contributed by atoms with E-state index in [4.69, 9.17) is 0 Å². The summed E-state index contributed by atoms with van der Waals surface area (Å²) in [5.74, 6) is 0.355. The molecule has 0 atom stereocenters. The third-order valence-corrected chi connectivity index (χ3v) is 3.76. The molecule has 0 heterocycles. The van der Waals surface area contributed by atoms with Gasteiger partial charge in [0.1, 0.15) is 11.5 Å². The molecular formula is C20H24O2. The van der Waals surface area contributed by atoms with Crippen molar-refractivity contribution < 1.29 is 10.2 Å². The number of aromatic hydroxyl groups is 2. The lowest BCUT2D eigenvalue weighted by atomic mass is 9.99. The summed E-state index contributed by atoms with van der Waals surface area (Å²) in [6, 6.07) is 13.7. The van der Waals surface area contributed by atoms with Crippen LogP contribution in [-0.4, -0.2) is 10.2 Å². The van der Waals surface area contributed by atoms with Crippen LogP contribution in [0.1, 0.15) is 37.0 Å². The van der Waals surface area contributed by atoms with Crippen LogP contribution in [0.25, 0.3) is 0 Å². The summed E-state index contributed by atoms with van der Waals surface area (Å²) in [5.41, 5.74) is 4.31. The summed E-state index contributed by atoms with van der Waals surface area (Å²) in [6.45, 7) is 4.08. The summed E-state index contributed by atoms with van der Waals surface area (Å²) in [7, 11) is 0. The van der Waals surface area contributed by atoms with E-state index in [0.29, 0.717) is 6.42 Å². The van der Waals surface area contributed by atoms with E-state index in [1.165, 1.54) is 17.2 Å². The van der Waals surface area contributed by atoms with Gasteiger partial charge in [-0.1, -0.05) is 42.0 Å². The van der Waals surface area contributed by atoms with Crippen LogP contribution in [-0.2, 0) is 19.3 Å². The number of hydrogen-bond acceptors (Lipinski definition) is 2. The summed E-state index contributed by atoms with van der Waals surface area (Å²) in [6.07, 6.45) is 5.55. The molecule has 2 nitrogen and oxygen atoms in total. The lowest BCUT2D eigenvalue weighted by Crippen LogP contribution is -1.93. The third-order valence-electron chi connectivity index (χ3n) is 3.76. The molecule has 0 aliphatic carbocycles. The van der Waals surface area contributed by atoms with Crippen LogP contribution in [0.3, 0.4) is 0 Å². The number of rotatable bonds is 6. The van der Waals surface area contributed by atoms with Crippen LogP contribution >= 0.6 is 0 Å². The molecule has 2 N–H and O–H groups in total. The van der Waals surface area contributed by atoms with Gasteiger partial charge in [0.2, 0.25) is 0 Å². The summed E-state index contributed by atoms with van der Waals surface area (Å²) >= 11 is 0. The first-order chi connectivity index (χ1) is 10.6. The maximum Gasteiger partial charge on any atom is 0.122 e. The van der Waals surface area contributed by atoms with E-state index in [9.17, 15) is 10.2 Å². The van der Waals surface area contributed by atoms with E-state index in [-0.39, 0.29) is 11.5 Å². The molecule has 22 heavy (non-hydrogen) atoms. The second-order valence-electron chi connectivity index (χ2n) is 5.93. The molecule has 0 aromatic heterocycles. The smallest absolute Gasteiger partial charge is 0.122 e. The monoisotopic (exact) mass is 296 g/mol. The van der Waals surface area contributed by atoms with Crippen molar-refractivity contribution in [2.75, 3.05) is 0 Å². The zero-order valence-electron chi connectivity index (χ0n) is 13.3. The lowest BCUT2D eigenvalue weighted by molar-refractivity contribution is 0.442. The fraction of sp³-hybridized carbons (Fsp3) is 0.300. The van der Waals surface area contributed by atoms with Gasteiger partial charge < -0.3 is 10.2 Å². The molecular weight excluding hydrogens is 272 g/mol. The Bertz CT molecular complexity index is 638. The van der Waals surface area contributed by atoms with Crippen LogP contribution in [0.15, 0.2) is 54.1 Å². The quantitative estimate of drug-likeness (QED) is 0.753. The van der Waals surface area contributed by atoms with E-state index < -0.39 is 0 Å². The van der Waals surface area contributed by atoms with Crippen molar-refractivity contribution in [2.45, 2.75) is 39.5 Å². The largest absolute Gasteiger partial charge is 0.508 e. The fourth-order valence-electron chi connectivity index (χ4n) is 2.48. The molecule has 2 heteroatoms. The highest BCUT2D eigenvalue weighted by atomic mass is 16.3. The van der Waals surface area contributed by atoms with Gasteiger partial charge >= 0.3 is 0 Å². The number of allylic oxidation sites excluding steroid dienone is 2. The van der Waals surface area contributed by atoms with Gasteiger partial charge in [0.25, 0.3) is 0 Å². The van der Waals surface area contributed by atoms with Gasteiger partial charge in [-0.2, -0.15) is 0 Å². The van der Waals surface area contributed by atoms with Crippen molar-refractivity contribution in [3.8, 4) is 11.5 Å². The molecule has 0 radical (unpaired) electrons. The van der Waals surface area contributed by atoms with Crippen molar-refractivity contribution in [1.82, 2.24) is 0 Å². The predicted molar refractivity (Wildman–Crippen MR) is 91.4 cm³/mol. The fourth-order valence-corrected chi connectivity index (χ4v) is 2.48. The minimum atomic E-state index is 0.168. The van der Waals surface area contributed by atoms with Crippen molar-refractivity contribution in [2.24, 2.45) is 0 Å². The predicted octanol–water partition coefficient (Wildman–Crippen LogP) is 4.78. The number of phenols is 2. The molecule has 0 fully saturated rings. The standard InChI is InChI=1S/C20H24O2/c1-15(2)11-12-18-13-17(19(21)14-20(18)22)10-6-9-16-7-4-3-5-8-16/h3-5,7-8,11,13-14,21-22H,6,9-10,12H2,1-2H3. The average Bonchev–Trinajstić information content (AvgIpc) is 2.49. The zero-order valence-corrected chi connectivity index (χ0v) is 13.3. The van der Waals surface area contributed by atoms with Crippen molar-refractivity contribution in [3.63, 3.8) is 0 Å². The van der Waals surface area contributed by atoms with Crippen LogP contribution in [0.2, 0.25) is 0 Å². The third kappa shape index (κ3) is 4.66. The van der Waals surface area contributed by atoms with Gasteiger partial charge in [-0.3, -0.25) is 0 Å². The van der Waals surface area contributed by atoms with Gasteiger partial charge in [0.05, 0.1) is 0 Å². The van der Waals surface area contributed by atoms with Crippen molar-refractivity contribution in [3.05, 3.63) is 70.8 Å². The van der Waals surface area contributed by atoms with Crippen LogP contribution in [0.5, 0.6) is 11.5 Å². The van der Waals surface area contributed by atoms with Gasteiger partial charge in [-0.25, -0.2) is 0 Å². The van der Waals surface area contributed by atoms with Crippen molar-refractivity contribution >= 4 is 0 Å². The number of hydrogen-bond donors (Lipinski definition) is 2. The number of phenolic OH excluding ortho intramolecular Hbond substituents is 2. The first-order valence-electron chi connectivity index (χ1n) is 7.77. The Labute approximate surface area is 132 Å². The molecule has 0 bridgehead atoms. The second kappa shape index (κ2) is 7.69. The van der Waals surface area contributed by atoms with E-state index in [1.807, 2.05) is 38.1 Å². The molecule has 0 aliphatic heterocycles. The summed E-state index contributed by atoms with van der Waals surface area (Å²) in [4.78, 5) is 0. The molecule has 116 valence electrons. The topological polar surface area (TPSA) is 40.5 Å². The van der Waals surface area contributed by atoms with E-state index in [2.05, 4.69) is 18.2 Å². The second-order valence-corrected chi connectivity index (χ2v) is 5.93. The summed E-state index contributed by atoms with van der Waals surface area (Å²) in [5, 5.41) is 20.0. The van der Waals surface area contributed by atoms with Gasteiger partial charge in [0, 0.05) is 6.07 Å². The number of aryl methyl sites for hydroxylation is 2. The molecule has 2 rings (SSSR count). The first kappa shape index (κ1) is 16.2. The van der Waals surface area contributed by atoms with Crippen LogP contribution in [0.4, 0.5) is 0 Å². The Morgan fingerprint density at radius 2 is 1.59 bits per heavy atom. The maximum absolute atomic E-state index is 10.0. The first-order valence-corrected chi connectivity index (χ1v) is 7.77. The Morgan fingerprint density at radius 1 is 0.909 bits per heavy atom. The summed E-state index contributed by atoms with van der Waals surface area (Å²) < 4.78 is 0. The minimum absolute atomic E-state index is 0.168. The molecule has 2 aromatic rings. The van der Waals surface area contributed by atoms with E-state index in [1.54, 1.807) is 0 Å². The van der Waals surface area contributed by atoms with E-state index >= 15 is 0 Å². The Hall–Kier alpha value is -2.22. The van der Waals surface area contributed by atoms with Gasteiger partial charge in [0.15, 0.2) is 0 Å². The molecule has 2 aromatic carbocycles. The minimum Gasteiger partial charge on any atom is -0.508 e. The zero-order chi connectivity index (χ0) is 15.9. The molecule has 0 aliphatic rings. The average molecular weight is 296 g/mol. The Morgan fingerprint density at radius 3 is 2.27 bits per heavy atom. The molecule has 0 saturated carbocycles. The van der Waals surface area contributed by atoms with E-state index in [0.717, 1.165) is 30.4 Å². The molecule has 0 saturated heterocycles. The molecule has 0 spiro atoms. The highest BCUT2D eigenvalue weighted by Crippen LogP contribution is 2.29. The highest BCUT2D eigenvalue weighted by molar-refractivity contribution is 5.46. The lowest BCUT2D eigenvalue weighted by Gasteiger charge is -2.09. The SMILES string of the molecule is CC(C)=CCc1cc(CCCc2ccccc2)c(O)cc1O. The van der Waals surface area contributed by atoms with Crippen molar-refractivity contribution in [1.29, 1.82) is 0 Å². The van der Waals surface area contributed by atoms with Crippen LogP contribution < -0.4 is 0 Å². The maximum atomic E-state index is 10.0. The molecule has 0 unspecified atom stereocenters.